The smallest absolute Gasteiger partial charge is 0.131 e. The van der Waals surface area contributed by atoms with Crippen molar-refractivity contribution < 1.29 is 0 Å². The first-order valence-corrected chi connectivity index (χ1v) is 6.01. The Morgan fingerprint density at radius 1 is 1.21 bits per heavy atom. The van der Waals surface area contributed by atoms with Crippen LogP contribution in [-0.4, -0.2) is 19.1 Å². The number of aryl methyl sites for hydroxylation is 1. The van der Waals surface area contributed by atoms with Crippen LogP contribution in [0, 0.1) is 18.3 Å². The number of nitriles is 1. The van der Waals surface area contributed by atoms with E-state index in [1.165, 1.54) is 5.56 Å². The lowest BCUT2D eigenvalue weighted by Gasteiger charge is -2.17. The number of pyridine rings is 1. The minimum Gasteiger partial charge on any atom is -0.377 e. The Hall–Kier alpha value is -2.54. The Morgan fingerprint density at radius 3 is 2.68 bits per heavy atom. The fraction of sp³-hybridized carbons (Fsp3) is 0.200. The zero-order valence-electron chi connectivity index (χ0n) is 11.3. The summed E-state index contributed by atoms with van der Waals surface area (Å²) in [6.45, 7) is 2.08. The first kappa shape index (κ1) is 12.9. The second-order valence-electron chi connectivity index (χ2n) is 4.56. The molecule has 0 saturated heterocycles. The monoisotopic (exact) mass is 252 g/mol. The molecule has 1 N–H and O–H groups in total. The Balaban J connectivity index is 2.28. The highest BCUT2D eigenvalue weighted by Gasteiger charge is 2.03. The van der Waals surface area contributed by atoms with Crippen molar-refractivity contribution in [3.63, 3.8) is 0 Å². The standard InChI is InChI=1S/C15H16N4/c1-11-4-5-13(9-14(11)19(2)3)18-15-8-12(10-16)6-7-17-15/h4-9H,1-3H3,(H,17,18). The summed E-state index contributed by atoms with van der Waals surface area (Å²) in [5.41, 5.74) is 3.92. The van der Waals surface area contributed by atoms with Crippen LogP contribution < -0.4 is 10.2 Å². The summed E-state index contributed by atoms with van der Waals surface area (Å²) in [6, 6.07) is 11.7. The molecule has 0 saturated carbocycles. The molecule has 0 spiro atoms. The van der Waals surface area contributed by atoms with E-state index >= 15 is 0 Å². The summed E-state index contributed by atoms with van der Waals surface area (Å²) in [5, 5.41) is 12.1. The van der Waals surface area contributed by atoms with Gasteiger partial charge >= 0.3 is 0 Å². The highest BCUT2D eigenvalue weighted by atomic mass is 15.1. The molecule has 0 bridgehead atoms. The van der Waals surface area contributed by atoms with Crippen molar-refractivity contribution in [2.24, 2.45) is 0 Å². The van der Waals surface area contributed by atoms with Gasteiger partial charge in [0.1, 0.15) is 5.82 Å². The van der Waals surface area contributed by atoms with Gasteiger partial charge < -0.3 is 10.2 Å². The zero-order valence-corrected chi connectivity index (χ0v) is 11.3. The van der Waals surface area contributed by atoms with E-state index < -0.39 is 0 Å². The van der Waals surface area contributed by atoms with Crippen LogP contribution in [0.1, 0.15) is 11.1 Å². The molecule has 0 fully saturated rings. The largest absolute Gasteiger partial charge is 0.377 e. The van der Waals surface area contributed by atoms with E-state index in [-0.39, 0.29) is 0 Å². The van der Waals surface area contributed by atoms with E-state index in [9.17, 15) is 0 Å². The highest BCUT2D eigenvalue weighted by molar-refractivity contribution is 5.66. The first-order valence-electron chi connectivity index (χ1n) is 6.01. The summed E-state index contributed by atoms with van der Waals surface area (Å²) >= 11 is 0. The summed E-state index contributed by atoms with van der Waals surface area (Å²) in [6.07, 6.45) is 1.63. The van der Waals surface area contributed by atoms with Crippen LogP contribution in [0.2, 0.25) is 0 Å². The normalized spacial score (nSPS) is 9.79. The summed E-state index contributed by atoms with van der Waals surface area (Å²) < 4.78 is 0. The molecule has 19 heavy (non-hydrogen) atoms. The van der Waals surface area contributed by atoms with Gasteiger partial charge in [-0.15, -0.1) is 0 Å². The zero-order chi connectivity index (χ0) is 13.8. The molecule has 0 aliphatic carbocycles. The number of aromatic nitrogens is 1. The second-order valence-corrected chi connectivity index (χ2v) is 4.56. The number of nitrogens with zero attached hydrogens (tertiary/aromatic N) is 3. The fourth-order valence-electron chi connectivity index (χ4n) is 1.89. The molecule has 4 heteroatoms. The third kappa shape index (κ3) is 3.02. The van der Waals surface area contributed by atoms with Crippen molar-refractivity contribution in [2.45, 2.75) is 6.92 Å². The first-order chi connectivity index (χ1) is 9.10. The van der Waals surface area contributed by atoms with E-state index in [0.717, 1.165) is 11.4 Å². The summed E-state index contributed by atoms with van der Waals surface area (Å²) in [5.74, 6) is 0.674. The molecule has 96 valence electrons. The number of benzene rings is 1. The van der Waals surface area contributed by atoms with Crippen LogP contribution in [0.5, 0.6) is 0 Å². The molecule has 2 rings (SSSR count). The number of anilines is 3. The van der Waals surface area contributed by atoms with Crippen LogP contribution in [-0.2, 0) is 0 Å². The maximum absolute atomic E-state index is 8.87. The minimum absolute atomic E-state index is 0.595. The Bertz CT molecular complexity index is 626. The van der Waals surface area contributed by atoms with Gasteiger partial charge in [0.05, 0.1) is 11.6 Å². The lowest BCUT2D eigenvalue weighted by molar-refractivity contribution is 1.11. The van der Waals surface area contributed by atoms with Gasteiger partial charge in [0.2, 0.25) is 0 Å². The van der Waals surface area contributed by atoms with Crippen LogP contribution in [0.15, 0.2) is 36.5 Å². The molecule has 0 radical (unpaired) electrons. The van der Waals surface area contributed by atoms with Gasteiger partial charge in [-0.05, 0) is 36.8 Å². The molecule has 0 aliphatic heterocycles. The average Bonchev–Trinajstić information content (AvgIpc) is 2.41. The van der Waals surface area contributed by atoms with Gasteiger partial charge in [0, 0.05) is 31.7 Å². The lowest BCUT2D eigenvalue weighted by atomic mass is 10.1. The third-order valence-corrected chi connectivity index (χ3v) is 2.85. The average molecular weight is 252 g/mol. The van der Waals surface area contributed by atoms with E-state index in [0.29, 0.717) is 11.4 Å². The van der Waals surface area contributed by atoms with Crippen molar-refractivity contribution >= 4 is 17.2 Å². The summed E-state index contributed by atoms with van der Waals surface area (Å²) in [7, 11) is 4.03. The highest BCUT2D eigenvalue weighted by Crippen LogP contribution is 2.24. The predicted octanol–water partition coefficient (Wildman–Crippen LogP) is 3.07. The van der Waals surface area contributed by atoms with E-state index in [2.05, 4.69) is 40.3 Å². The maximum atomic E-state index is 8.87. The SMILES string of the molecule is Cc1ccc(Nc2cc(C#N)ccn2)cc1N(C)C. The Kier molecular flexibility index (Phi) is 3.67. The minimum atomic E-state index is 0.595. The van der Waals surface area contributed by atoms with Crippen LogP contribution in [0.4, 0.5) is 17.2 Å². The van der Waals surface area contributed by atoms with Crippen molar-refractivity contribution in [1.82, 2.24) is 4.98 Å². The molecular weight excluding hydrogens is 236 g/mol. The van der Waals surface area contributed by atoms with Crippen LogP contribution in [0.25, 0.3) is 0 Å². The quantitative estimate of drug-likeness (QED) is 0.912. The maximum Gasteiger partial charge on any atom is 0.131 e. The molecule has 1 aromatic heterocycles. The molecule has 0 amide bonds. The van der Waals surface area contributed by atoms with Crippen LogP contribution in [0.3, 0.4) is 0 Å². The third-order valence-electron chi connectivity index (χ3n) is 2.85. The topological polar surface area (TPSA) is 52.0 Å². The van der Waals surface area contributed by atoms with Gasteiger partial charge in [-0.1, -0.05) is 6.07 Å². The van der Waals surface area contributed by atoms with Gasteiger partial charge in [0.15, 0.2) is 0 Å². The van der Waals surface area contributed by atoms with Gasteiger partial charge in [-0.3, -0.25) is 0 Å². The van der Waals surface area contributed by atoms with E-state index in [1.807, 2.05) is 20.2 Å². The van der Waals surface area contributed by atoms with Gasteiger partial charge in [0.25, 0.3) is 0 Å². The number of hydrogen-bond acceptors (Lipinski definition) is 4. The number of nitrogens with one attached hydrogen (secondary N) is 1. The lowest BCUT2D eigenvalue weighted by Crippen LogP contribution is -2.10. The van der Waals surface area contributed by atoms with Crippen LogP contribution >= 0.6 is 0 Å². The Morgan fingerprint density at radius 2 is 2.00 bits per heavy atom. The molecule has 2 aromatic rings. The number of hydrogen-bond donors (Lipinski definition) is 1. The molecule has 4 nitrogen and oxygen atoms in total. The molecule has 0 atom stereocenters. The number of rotatable bonds is 3. The van der Waals surface area contributed by atoms with Gasteiger partial charge in [-0.2, -0.15) is 5.26 Å². The van der Waals surface area contributed by atoms with Crippen molar-refractivity contribution in [1.29, 1.82) is 5.26 Å². The fourth-order valence-corrected chi connectivity index (χ4v) is 1.89. The van der Waals surface area contributed by atoms with E-state index in [1.54, 1.807) is 18.3 Å². The molecule has 0 unspecified atom stereocenters. The molecule has 1 aromatic carbocycles. The Labute approximate surface area is 113 Å². The molecule has 1 heterocycles. The molecule has 0 aliphatic rings. The predicted molar refractivity (Wildman–Crippen MR) is 77.7 cm³/mol. The van der Waals surface area contributed by atoms with Crippen molar-refractivity contribution in [3.05, 3.63) is 47.7 Å². The van der Waals surface area contributed by atoms with E-state index in [4.69, 9.17) is 5.26 Å². The second kappa shape index (κ2) is 5.40. The van der Waals surface area contributed by atoms with Gasteiger partial charge in [-0.25, -0.2) is 4.98 Å². The molecular formula is C15H16N4. The van der Waals surface area contributed by atoms with Crippen molar-refractivity contribution in [2.75, 3.05) is 24.3 Å². The summed E-state index contributed by atoms with van der Waals surface area (Å²) in [4.78, 5) is 6.27. The van der Waals surface area contributed by atoms with Crippen molar-refractivity contribution in [3.8, 4) is 6.07 Å².